The number of carboxylic acid groups (broad SMARTS) is 1. The lowest BCUT2D eigenvalue weighted by Gasteiger charge is -2.36. The van der Waals surface area contributed by atoms with Crippen LogP contribution in [0.25, 0.3) is 27.9 Å². The van der Waals surface area contributed by atoms with Gasteiger partial charge in [0.05, 0.1) is 23.1 Å². The highest BCUT2D eigenvalue weighted by Crippen LogP contribution is 2.29. The molecule has 0 atom stereocenters. The minimum Gasteiger partial charge on any atom is -0.508 e. The molecule has 1 aliphatic rings. The number of piperazine rings is 1. The van der Waals surface area contributed by atoms with Crippen LogP contribution in [0.5, 0.6) is 5.75 Å². The van der Waals surface area contributed by atoms with Gasteiger partial charge in [0, 0.05) is 37.3 Å². The lowest BCUT2D eigenvalue weighted by atomic mass is 10.2. The number of fused-ring (bicyclic) bond motifs is 2. The van der Waals surface area contributed by atoms with Crippen LogP contribution < -0.4 is 9.80 Å². The number of carbonyl (C=O) groups is 1. The van der Waals surface area contributed by atoms with Crippen LogP contribution in [-0.4, -0.2) is 71.7 Å². The Hall–Kier alpha value is -4.38. The maximum Gasteiger partial charge on any atom is 0.323 e. The first kappa shape index (κ1) is 22.1. The molecule has 0 bridgehead atoms. The highest BCUT2D eigenvalue weighted by molar-refractivity contribution is 6.35. The van der Waals surface area contributed by atoms with Gasteiger partial charge in [-0.05, 0) is 36.4 Å². The van der Waals surface area contributed by atoms with Gasteiger partial charge in [0.15, 0.2) is 17.0 Å². The third-order valence-corrected chi connectivity index (χ3v) is 6.61. The van der Waals surface area contributed by atoms with Gasteiger partial charge >= 0.3 is 5.97 Å². The third-order valence-electron chi connectivity index (χ3n) is 6.28. The smallest absolute Gasteiger partial charge is 0.323 e. The average Bonchev–Trinajstić information content (AvgIpc) is 3.49. The maximum atomic E-state index is 11.5. The van der Waals surface area contributed by atoms with Crippen molar-refractivity contribution in [2.75, 3.05) is 36.0 Å². The quantitative estimate of drug-likeness (QED) is 0.371. The van der Waals surface area contributed by atoms with Gasteiger partial charge in [-0.15, -0.1) is 0 Å². The second kappa shape index (κ2) is 8.68. The summed E-state index contributed by atoms with van der Waals surface area (Å²) in [7, 11) is 0. The molecule has 1 aliphatic heterocycles. The van der Waals surface area contributed by atoms with Crippen molar-refractivity contribution in [1.82, 2.24) is 29.3 Å². The molecule has 182 valence electrons. The van der Waals surface area contributed by atoms with E-state index in [-0.39, 0.29) is 12.3 Å². The Labute approximate surface area is 209 Å². The number of benzene rings is 2. The van der Waals surface area contributed by atoms with E-state index in [4.69, 9.17) is 21.6 Å². The van der Waals surface area contributed by atoms with Crippen LogP contribution in [-0.2, 0) is 11.3 Å². The van der Waals surface area contributed by atoms with Gasteiger partial charge in [-0.2, -0.15) is 15.1 Å². The molecular formula is C24H21ClN8O3. The summed E-state index contributed by atoms with van der Waals surface area (Å²) in [5.41, 5.74) is 2.67. The molecule has 0 unspecified atom stereocenters. The monoisotopic (exact) mass is 504 g/mol. The number of phenols is 1. The van der Waals surface area contributed by atoms with Gasteiger partial charge < -0.3 is 24.6 Å². The standard InChI is InChI=1S/C24H21ClN8O3/c25-18-2-1-3-19-17(18)12-27-33(19)23-21-22(32(14-26-21)13-20(35)36)28-24(29-23)31-10-8-30(9-11-31)15-4-6-16(34)7-5-15/h1-7,12,14,34H,8-11,13H2,(H,35,36). The molecular weight excluding hydrogens is 484 g/mol. The zero-order valence-corrected chi connectivity index (χ0v) is 19.7. The summed E-state index contributed by atoms with van der Waals surface area (Å²) in [5, 5.41) is 24.8. The Morgan fingerprint density at radius 1 is 1.00 bits per heavy atom. The van der Waals surface area contributed by atoms with Crippen LogP contribution in [0.4, 0.5) is 11.6 Å². The van der Waals surface area contributed by atoms with Crippen molar-refractivity contribution in [3.8, 4) is 11.6 Å². The van der Waals surface area contributed by atoms with Crippen LogP contribution in [0.3, 0.4) is 0 Å². The predicted molar refractivity (Wildman–Crippen MR) is 135 cm³/mol. The molecule has 0 radical (unpaired) electrons. The second-order valence-electron chi connectivity index (χ2n) is 8.51. The number of aliphatic carboxylic acids is 1. The summed E-state index contributed by atoms with van der Waals surface area (Å²) in [5.74, 6) is 0.171. The molecule has 36 heavy (non-hydrogen) atoms. The minimum absolute atomic E-state index is 0.233. The highest BCUT2D eigenvalue weighted by atomic mass is 35.5. The van der Waals surface area contributed by atoms with Crippen molar-refractivity contribution in [2.24, 2.45) is 0 Å². The number of hydrogen-bond donors (Lipinski definition) is 2. The molecule has 2 N–H and O–H groups in total. The molecule has 4 heterocycles. The number of phenolic OH excluding ortho intramolecular Hbond substituents is 1. The Morgan fingerprint density at radius 3 is 2.50 bits per heavy atom. The first-order chi connectivity index (χ1) is 17.5. The molecule has 0 amide bonds. The Bertz CT molecular complexity index is 1590. The summed E-state index contributed by atoms with van der Waals surface area (Å²) in [4.78, 5) is 29.8. The molecule has 1 saturated heterocycles. The van der Waals surface area contributed by atoms with Gasteiger partial charge in [0.1, 0.15) is 12.3 Å². The van der Waals surface area contributed by atoms with E-state index in [1.54, 1.807) is 29.1 Å². The van der Waals surface area contributed by atoms with Crippen molar-refractivity contribution < 1.29 is 15.0 Å². The number of carboxylic acids is 1. The number of rotatable bonds is 5. The number of anilines is 2. The maximum absolute atomic E-state index is 11.5. The van der Waals surface area contributed by atoms with E-state index in [9.17, 15) is 15.0 Å². The highest BCUT2D eigenvalue weighted by Gasteiger charge is 2.24. The summed E-state index contributed by atoms with van der Waals surface area (Å²) in [6, 6.07) is 12.7. The van der Waals surface area contributed by atoms with Crippen molar-refractivity contribution in [3.63, 3.8) is 0 Å². The van der Waals surface area contributed by atoms with E-state index < -0.39 is 5.97 Å². The first-order valence-electron chi connectivity index (χ1n) is 11.3. The summed E-state index contributed by atoms with van der Waals surface area (Å²) < 4.78 is 3.16. The van der Waals surface area contributed by atoms with Crippen LogP contribution in [0.2, 0.25) is 5.02 Å². The fraction of sp³-hybridized carbons (Fsp3) is 0.208. The normalized spacial score (nSPS) is 14.1. The van der Waals surface area contributed by atoms with Crippen molar-refractivity contribution in [1.29, 1.82) is 0 Å². The topological polar surface area (TPSA) is 125 Å². The van der Waals surface area contributed by atoms with E-state index in [1.165, 1.54) is 10.9 Å². The van der Waals surface area contributed by atoms with E-state index in [1.807, 2.05) is 24.3 Å². The zero-order valence-electron chi connectivity index (χ0n) is 19.0. The van der Waals surface area contributed by atoms with Crippen LogP contribution >= 0.6 is 11.6 Å². The van der Waals surface area contributed by atoms with Gasteiger partial charge in [0.2, 0.25) is 5.95 Å². The summed E-state index contributed by atoms with van der Waals surface area (Å²) in [6.07, 6.45) is 3.14. The SMILES string of the molecule is O=C(O)Cn1cnc2c(-n3ncc4c(Cl)cccc43)nc(N3CCN(c4ccc(O)cc4)CC3)nc21. The summed E-state index contributed by atoms with van der Waals surface area (Å²) in [6.45, 7) is 2.51. The zero-order chi connectivity index (χ0) is 24.8. The number of imidazole rings is 1. The lowest BCUT2D eigenvalue weighted by Crippen LogP contribution is -2.47. The predicted octanol–water partition coefficient (Wildman–Crippen LogP) is 2.94. The van der Waals surface area contributed by atoms with Crippen molar-refractivity contribution >= 4 is 51.3 Å². The molecule has 6 rings (SSSR count). The van der Waals surface area contributed by atoms with Crippen LogP contribution in [0.1, 0.15) is 0 Å². The minimum atomic E-state index is -0.991. The molecule has 1 fully saturated rings. The number of halogens is 1. The van der Waals surface area contributed by atoms with Crippen LogP contribution in [0, 0.1) is 0 Å². The number of aromatic hydroxyl groups is 1. The number of hydrogen-bond acceptors (Lipinski definition) is 8. The molecule has 12 heteroatoms. The summed E-state index contributed by atoms with van der Waals surface area (Å²) >= 11 is 6.37. The Morgan fingerprint density at radius 2 is 1.75 bits per heavy atom. The average molecular weight is 505 g/mol. The molecule has 0 spiro atoms. The Balaban J connectivity index is 1.41. The molecule has 3 aromatic heterocycles. The van der Waals surface area contributed by atoms with E-state index in [2.05, 4.69) is 19.9 Å². The van der Waals surface area contributed by atoms with Gasteiger partial charge in [0.25, 0.3) is 0 Å². The largest absolute Gasteiger partial charge is 0.508 e. The van der Waals surface area contributed by atoms with E-state index >= 15 is 0 Å². The second-order valence-corrected chi connectivity index (χ2v) is 8.91. The molecule has 5 aromatic rings. The van der Waals surface area contributed by atoms with Crippen molar-refractivity contribution in [2.45, 2.75) is 6.54 Å². The molecule has 0 aliphatic carbocycles. The van der Waals surface area contributed by atoms with Crippen LogP contribution in [0.15, 0.2) is 55.0 Å². The lowest BCUT2D eigenvalue weighted by molar-refractivity contribution is -0.137. The fourth-order valence-corrected chi connectivity index (χ4v) is 4.70. The molecule has 0 saturated carbocycles. The van der Waals surface area contributed by atoms with E-state index in [0.717, 1.165) is 29.7 Å². The van der Waals surface area contributed by atoms with E-state index in [0.29, 0.717) is 41.0 Å². The van der Waals surface area contributed by atoms with Gasteiger partial charge in [-0.3, -0.25) is 4.79 Å². The molecule has 11 nitrogen and oxygen atoms in total. The van der Waals surface area contributed by atoms with Crippen molar-refractivity contribution in [3.05, 3.63) is 60.0 Å². The third kappa shape index (κ3) is 3.83. The molecule has 2 aromatic carbocycles. The van der Waals surface area contributed by atoms with Gasteiger partial charge in [-0.1, -0.05) is 17.7 Å². The first-order valence-corrected chi connectivity index (χ1v) is 11.7. The number of nitrogens with zero attached hydrogens (tertiary/aromatic N) is 8. The number of aromatic nitrogens is 6. The Kier molecular flexibility index (Phi) is 5.33. The fourth-order valence-electron chi connectivity index (χ4n) is 4.48. The van der Waals surface area contributed by atoms with Gasteiger partial charge in [-0.25, -0.2) is 9.67 Å².